The number of carbonyl (C=O) groups excluding carboxylic acids is 1. The second-order valence-corrected chi connectivity index (χ2v) is 3.99. The standard InChI is InChI=1S/C14H16N2O2.ClH/c1-3-18-14(17)13-9-15-10-16(13)11(2)12-7-5-4-6-8-12;/h4-11H,3H2,1-2H3;1H/t11-;/m1./s1. The minimum Gasteiger partial charge on any atom is -0.461 e. The summed E-state index contributed by atoms with van der Waals surface area (Å²) in [5, 5.41) is 0. The fourth-order valence-corrected chi connectivity index (χ4v) is 1.87. The van der Waals surface area contributed by atoms with Crippen LogP contribution in [-0.4, -0.2) is 22.1 Å². The number of imidazole rings is 1. The molecule has 102 valence electrons. The van der Waals surface area contributed by atoms with Crippen LogP contribution in [-0.2, 0) is 4.74 Å². The number of halogens is 1. The van der Waals surface area contributed by atoms with Gasteiger partial charge in [-0.2, -0.15) is 0 Å². The van der Waals surface area contributed by atoms with Gasteiger partial charge in [-0.3, -0.25) is 0 Å². The van der Waals surface area contributed by atoms with Crippen molar-refractivity contribution < 1.29 is 9.53 Å². The van der Waals surface area contributed by atoms with Gasteiger partial charge in [0.1, 0.15) is 5.69 Å². The van der Waals surface area contributed by atoms with Crippen molar-refractivity contribution in [1.82, 2.24) is 9.55 Å². The van der Waals surface area contributed by atoms with Crippen LogP contribution in [0.25, 0.3) is 0 Å². The molecule has 0 amide bonds. The molecule has 5 heteroatoms. The second kappa shape index (κ2) is 6.95. The highest BCUT2D eigenvalue weighted by Gasteiger charge is 2.17. The van der Waals surface area contributed by atoms with Crippen LogP contribution >= 0.6 is 12.4 Å². The number of aromatic nitrogens is 2. The van der Waals surface area contributed by atoms with Gasteiger partial charge in [-0.1, -0.05) is 30.3 Å². The Balaban J connectivity index is 0.00000180. The second-order valence-electron chi connectivity index (χ2n) is 3.99. The highest BCUT2D eigenvalue weighted by molar-refractivity contribution is 5.87. The maximum atomic E-state index is 11.8. The molecule has 0 saturated carbocycles. The van der Waals surface area contributed by atoms with Crippen LogP contribution in [0, 0.1) is 0 Å². The lowest BCUT2D eigenvalue weighted by Gasteiger charge is -2.16. The van der Waals surface area contributed by atoms with Crippen LogP contribution in [0.2, 0.25) is 0 Å². The molecule has 0 spiro atoms. The van der Waals surface area contributed by atoms with Gasteiger partial charge in [-0.05, 0) is 19.4 Å². The van der Waals surface area contributed by atoms with E-state index >= 15 is 0 Å². The average Bonchev–Trinajstić information content (AvgIpc) is 2.88. The molecule has 1 aromatic heterocycles. The SMILES string of the molecule is CCOC(=O)c1cncn1[C@H](C)c1ccccc1.Cl. The van der Waals surface area contributed by atoms with Crippen molar-refractivity contribution in [2.75, 3.05) is 6.61 Å². The van der Waals surface area contributed by atoms with E-state index in [4.69, 9.17) is 4.74 Å². The zero-order valence-electron chi connectivity index (χ0n) is 10.9. The third-order valence-electron chi connectivity index (χ3n) is 2.85. The third-order valence-corrected chi connectivity index (χ3v) is 2.85. The van der Waals surface area contributed by atoms with Gasteiger partial charge in [0.25, 0.3) is 0 Å². The van der Waals surface area contributed by atoms with Gasteiger partial charge in [0.15, 0.2) is 0 Å². The van der Waals surface area contributed by atoms with Crippen molar-refractivity contribution in [3.8, 4) is 0 Å². The molecular weight excluding hydrogens is 264 g/mol. The van der Waals surface area contributed by atoms with Crippen molar-refractivity contribution >= 4 is 18.4 Å². The van der Waals surface area contributed by atoms with Gasteiger partial charge in [0.2, 0.25) is 0 Å². The molecule has 4 nitrogen and oxygen atoms in total. The molecule has 0 N–H and O–H groups in total. The molecule has 2 rings (SSSR count). The van der Waals surface area contributed by atoms with Gasteiger partial charge in [0, 0.05) is 0 Å². The van der Waals surface area contributed by atoms with Gasteiger partial charge in [-0.25, -0.2) is 9.78 Å². The van der Waals surface area contributed by atoms with Crippen LogP contribution in [0.1, 0.15) is 35.9 Å². The Labute approximate surface area is 118 Å². The number of hydrogen-bond acceptors (Lipinski definition) is 3. The molecule has 0 fully saturated rings. The van der Waals surface area contributed by atoms with Crippen molar-refractivity contribution in [3.63, 3.8) is 0 Å². The number of benzene rings is 1. The molecule has 1 atom stereocenters. The molecule has 0 aliphatic rings. The number of nitrogens with zero attached hydrogens (tertiary/aromatic N) is 2. The summed E-state index contributed by atoms with van der Waals surface area (Å²) in [6.45, 7) is 4.18. The summed E-state index contributed by atoms with van der Waals surface area (Å²) in [7, 11) is 0. The van der Waals surface area contributed by atoms with Gasteiger partial charge in [-0.15, -0.1) is 12.4 Å². The fraction of sp³-hybridized carbons (Fsp3) is 0.286. The minimum atomic E-state index is -0.335. The number of carbonyl (C=O) groups is 1. The molecule has 1 heterocycles. The molecule has 0 bridgehead atoms. The third kappa shape index (κ3) is 3.35. The topological polar surface area (TPSA) is 44.1 Å². The van der Waals surface area contributed by atoms with Crippen molar-refractivity contribution in [1.29, 1.82) is 0 Å². The molecular formula is C14H17ClN2O2. The van der Waals surface area contributed by atoms with E-state index in [0.717, 1.165) is 5.56 Å². The normalized spacial score (nSPS) is 11.5. The van der Waals surface area contributed by atoms with Crippen LogP contribution < -0.4 is 0 Å². The minimum absolute atomic E-state index is 0. The lowest BCUT2D eigenvalue weighted by molar-refractivity contribution is 0.0512. The first-order valence-corrected chi connectivity index (χ1v) is 5.98. The number of esters is 1. The Hall–Kier alpha value is -1.81. The first kappa shape index (κ1) is 15.2. The van der Waals surface area contributed by atoms with Crippen molar-refractivity contribution in [2.45, 2.75) is 19.9 Å². The van der Waals surface area contributed by atoms with E-state index in [1.165, 1.54) is 6.20 Å². The summed E-state index contributed by atoms with van der Waals surface area (Å²) >= 11 is 0. The van der Waals surface area contributed by atoms with E-state index in [9.17, 15) is 4.79 Å². The molecule has 0 aliphatic carbocycles. The lowest BCUT2D eigenvalue weighted by Crippen LogP contribution is -2.15. The van der Waals surface area contributed by atoms with Crippen LogP contribution in [0.5, 0.6) is 0 Å². The lowest BCUT2D eigenvalue weighted by atomic mass is 10.1. The first-order valence-electron chi connectivity index (χ1n) is 5.98. The number of ether oxygens (including phenoxy) is 1. The summed E-state index contributed by atoms with van der Waals surface area (Å²) < 4.78 is 6.84. The first-order chi connectivity index (χ1) is 8.74. The zero-order valence-corrected chi connectivity index (χ0v) is 11.8. The summed E-state index contributed by atoms with van der Waals surface area (Å²) in [5.41, 5.74) is 1.61. The summed E-state index contributed by atoms with van der Waals surface area (Å²) in [5.74, 6) is -0.335. The molecule has 0 aliphatic heterocycles. The summed E-state index contributed by atoms with van der Waals surface area (Å²) in [6.07, 6.45) is 3.20. The molecule has 19 heavy (non-hydrogen) atoms. The van der Waals surface area contributed by atoms with Crippen molar-refractivity contribution in [2.24, 2.45) is 0 Å². The monoisotopic (exact) mass is 280 g/mol. The fourth-order valence-electron chi connectivity index (χ4n) is 1.87. The Morgan fingerprint density at radius 3 is 2.68 bits per heavy atom. The van der Waals surface area contributed by atoms with E-state index in [1.807, 2.05) is 41.8 Å². The van der Waals surface area contributed by atoms with Gasteiger partial charge >= 0.3 is 5.97 Å². The van der Waals surface area contributed by atoms with Crippen LogP contribution in [0.4, 0.5) is 0 Å². The predicted molar refractivity (Wildman–Crippen MR) is 75.7 cm³/mol. The number of hydrogen-bond donors (Lipinski definition) is 0. The van der Waals surface area contributed by atoms with Crippen LogP contribution in [0.3, 0.4) is 0 Å². The largest absolute Gasteiger partial charge is 0.461 e. The molecule has 0 radical (unpaired) electrons. The van der Waals surface area contributed by atoms with Crippen molar-refractivity contribution in [3.05, 3.63) is 54.1 Å². The van der Waals surface area contributed by atoms with E-state index in [-0.39, 0.29) is 24.4 Å². The van der Waals surface area contributed by atoms with Crippen LogP contribution in [0.15, 0.2) is 42.9 Å². The van der Waals surface area contributed by atoms with E-state index < -0.39 is 0 Å². The molecule has 1 aromatic carbocycles. The average molecular weight is 281 g/mol. The summed E-state index contributed by atoms with van der Waals surface area (Å²) in [4.78, 5) is 15.8. The Morgan fingerprint density at radius 1 is 1.37 bits per heavy atom. The predicted octanol–water partition coefficient (Wildman–Crippen LogP) is 3.09. The quantitative estimate of drug-likeness (QED) is 0.809. The summed E-state index contributed by atoms with van der Waals surface area (Å²) in [6, 6.07) is 10.0. The maximum absolute atomic E-state index is 11.8. The maximum Gasteiger partial charge on any atom is 0.356 e. The zero-order chi connectivity index (χ0) is 13.0. The van der Waals surface area contributed by atoms with Gasteiger partial charge in [0.05, 0.1) is 25.2 Å². The van der Waals surface area contributed by atoms with Gasteiger partial charge < -0.3 is 9.30 Å². The Bertz CT molecular complexity index is 525. The molecule has 0 unspecified atom stereocenters. The smallest absolute Gasteiger partial charge is 0.356 e. The number of rotatable bonds is 4. The van der Waals surface area contributed by atoms with E-state index in [2.05, 4.69) is 4.98 Å². The van der Waals surface area contributed by atoms with E-state index in [1.54, 1.807) is 13.3 Å². The van der Waals surface area contributed by atoms with E-state index in [0.29, 0.717) is 12.3 Å². The highest BCUT2D eigenvalue weighted by Crippen LogP contribution is 2.19. The Morgan fingerprint density at radius 2 is 2.05 bits per heavy atom. The Kier molecular flexibility index (Phi) is 5.57. The highest BCUT2D eigenvalue weighted by atomic mass is 35.5. The molecule has 2 aromatic rings. The molecule has 0 saturated heterocycles.